The second kappa shape index (κ2) is 4.97. The van der Waals surface area contributed by atoms with E-state index < -0.39 is 5.54 Å². The summed E-state index contributed by atoms with van der Waals surface area (Å²) in [5.41, 5.74) is 5.42. The van der Waals surface area contributed by atoms with Crippen molar-refractivity contribution in [3.05, 3.63) is 11.7 Å². The van der Waals surface area contributed by atoms with E-state index in [4.69, 9.17) is 10.3 Å². The van der Waals surface area contributed by atoms with E-state index in [0.29, 0.717) is 23.8 Å². The fourth-order valence-corrected chi connectivity index (χ4v) is 2.59. The van der Waals surface area contributed by atoms with Gasteiger partial charge in [0.25, 0.3) is 0 Å². The fraction of sp³-hybridized carbons (Fsp3) is 0.846. The molecule has 1 aromatic rings. The van der Waals surface area contributed by atoms with Crippen molar-refractivity contribution in [2.75, 3.05) is 0 Å². The van der Waals surface area contributed by atoms with Gasteiger partial charge in [0.2, 0.25) is 5.89 Å². The third-order valence-corrected chi connectivity index (χ3v) is 3.79. The van der Waals surface area contributed by atoms with Crippen LogP contribution in [0.5, 0.6) is 0 Å². The molecule has 0 bridgehead atoms. The molecule has 5 nitrogen and oxygen atoms in total. The largest absolute Gasteiger partial charge is 0.338 e. The van der Waals surface area contributed by atoms with Crippen LogP contribution in [0.4, 0.5) is 0 Å². The molecule has 2 unspecified atom stereocenters. The first-order valence-electron chi connectivity index (χ1n) is 6.79. The highest BCUT2D eigenvalue weighted by Crippen LogP contribution is 2.27. The number of nitrogens with two attached hydrogens (primary N) is 1. The molecule has 0 aliphatic carbocycles. The summed E-state index contributed by atoms with van der Waals surface area (Å²) in [5, 5.41) is 3.97. The second-order valence-corrected chi connectivity index (χ2v) is 5.89. The molecule has 2 N–H and O–H groups in total. The van der Waals surface area contributed by atoms with E-state index in [9.17, 15) is 0 Å². The van der Waals surface area contributed by atoms with Gasteiger partial charge >= 0.3 is 0 Å². The van der Waals surface area contributed by atoms with Crippen LogP contribution in [-0.4, -0.2) is 27.1 Å². The zero-order valence-corrected chi connectivity index (χ0v) is 11.8. The molecule has 2 rings (SSSR count). The summed E-state index contributed by atoms with van der Waals surface area (Å²) in [7, 11) is 0. The van der Waals surface area contributed by atoms with Crippen molar-refractivity contribution in [3.8, 4) is 0 Å². The molecule has 18 heavy (non-hydrogen) atoms. The van der Waals surface area contributed by atoms with Gasteiger partial charge in [0.05, 0.1) is 12.1 Å². The van der Waals surface area contributed by atoms with Crippen molar-refractivity contribution >= 4 is 0 Å². The quantitative estimate of drug-likeness (QED) is 0.888. The van der Waals surface area contributed by atoms with Gasteiger partial charge in [-0.25, -0.2) is 0 Å². The predicted molar refractivity (Wildman–Crippen MR) is 69.8 cm³/mol. The first kappa shape index (κ1) is 13.5. The van der Waals surface area contributed by atoms with Crippen molar-refractivity contribution in [2.24, 2.45) is 5.73 Å². The van der Waals surface area contributed by atoms with E-state index in [0.717, 1.165) is 6.54 Å². The average molecular weight is 252 g/mol. The highest BCUT2D eigenvalue weighted by atomic mass is 16.5. The first-order chi connectivity index (χ1) is 8.41. The third kappa shape index (κ3) is 2.72. The molecule has 0 radical (unpaired) electrons. The smallest absolute Gasteiger partial charge is 0.240 e. The summed E-state index contributed by atoms with van der Waals surface area (Å²) in [4.78, 5) is 6.86. The van der Waals surface area contributed by atoms with Gasteiger partial charge in [0.1, 0.15) is 0 Å². The van der Waals surface area contributed by atoms with Crippen LogP contribution in [0, 0.1) is 0 Å². The summed E-state index contributed by atoms with van der Waals surface area (Å²) in [6.07, 6.45) is 3.69. The molecule has 2 atom stereocenters. The van der Waals surface area contributed by atoms with Gasteiger partial charge in [0.15, 0.2) is 5.82 Å². The number of nitrogens with zero attached hydrogens (tertiary/aromatic N) is 3. The van der Waals surface area contributed by atoms with E-state index in [2.05, 4.69) is 28.9 Å². The maximum absolute atomic E-state index is 5.96. The van der Waals surface area contributed by atoms with Crippen molar-refractivity contribution < 1.29 is 4.52 Å². The topological polar surface area (TPSA) is 68.2 Å². The minimum Gasteiger partial charge on any atom is -0.338 e. The average Bonchev–Trinajstić information content (AvgIpc) is 2.87. The molecular formula is C13H24N4O. The summed E-state index contributed by atoms with van der Waals surface area (Å²) >= 11 is 0. The maximum Gasteiger partial charge on any atom is 0.240 e. The maximum atomic E-state index is 5.96. The van der Waals surface area contributed by atoms with E-state index in [-0.39, 0.29) is 0 Å². The standard InChI is InChI=1S/C13H24N4O/c1-5-10-7-6-9(2)17(10)8-11-15-12(16-18-11)13(3,4)14/h9-10H,5-8,14H2,1-4H3. The molecule has 1 saturated heterocycles. The van der Waals surface area contributed by atoms with Gasteiger partial charge in [-0.3, -0.25) is 4.90 Å². The normalized spacial score (nSPS) is 25.8. The van der Waals surface area contributed by atoms with Crippen LogP contribution in [0.15, 0.2) is 4.52 Å². The minimum absolute atomic E-state index is 0.539. The Hall–Kier alpha value is -0.940. The zero-order valence-electron chi connectivity index (χ0n) is 11.8. The van der Waals surface area contributed by atoms with Crippen LogP contribution in [0.2, 0.25) is 0 Å². The Labute approximate surface area is 109 Å². The molecule has 0 amide bonds. The molecule has 0 saturated carbocycles. The molecular weight excluding hydrogens is 228 g/mol. The van der Waals surface area contributed by atoms with Gasteiger partial charge in [-0.1, -0.05) is 12.1 Å². The van der Waals surface area contributed by atoms with Crippen molar-refractivity contribution in [1.82, 2.24) is 15.0 Å². The van der Waals surface area contributed by atoms with Gasteiger partial charge < -0.3 is 10.3 Å². The number of likely N-dealkylation sites (tertiary alicyclic amines) is 1. The number of hydrogen-bond donors (Lipinski definition) is 1. The number of aromatic nitrogens is 2. The molecule has 2 heterocycles. The zero-order chi connectivity index (χ0) is 13.3. The second-order valence-electron chi connectivity index (χ2n) is 5.89. The summed E-state index contributed by atoms with van der Waals surface area (Å²) in [5.74, 6) is 1.26. The summed E-state index contributed by atoms with van der Waals surface area (Å²) in [6.45, 7) is 9.00. The lowest BCUT2D eigenvalue weighted by molar-refractivity contribution is 0.165. The Balaban J connectivity index is 2.07. The van der Waals surface area contributed by atoms with Crippen molar-refractivity contribution in [3.63, 3.8) is 0 Å². The fourth-order valence-electron chi connectivity index (χ4n) is 2.59. The van der Waals surface area contributed by atoms with E-state index in [1.165, 1.54) is 19.3 Å². The van der Waals surface area contributed by atoms with Crippen LogP contribution in [0.25, 0.3) is 0 Å². The highest BCUT2D eigenvalue weighted by Gasteiger charge is 2.31. The van der Waals surface area contributed by atoms with Crippen molar-refractivity contribution in [1.29, 1.82) is 0 Å². The number of hydrogen-bond acceptors (Lipinski definition) is 5. The predicted octanol–water partition coefficient (Wildman–Crippen LogP) is 2.03. The van der Waals surface area contributed by atoms with Crippen LogP contribution < -0.4 is 5.73 Å². The summed E-state index contributed by atoms with van der Waals surface area (Å²) < 4.78 is 5.31. The molecule has 1 aliphatic heterocycles. The SMILES string of the molecule is CCC1CCC(C)N1Cc1nc(C(C)(C)N)no1. The van der Waals surface area contributed by atoms with E-state index >= 15 is 0 Å². The molecule has 102 valence electrons. The molecule has 0 spiro atoms. The molecule has 0 aromatic carbocycles. The monoisotopic (exact) mass is 252 g/mol. The van der Waals surface area contributed by atoms with Crippen molar-refractivity contribution in [2.45, 2.75) is 71.1 Å². The van der Waals surface area contributed by atoms with Gasteiger partial charge in [-0.05, 0) is 40.0 Å². The Morgan fingerprint density at radius 1 is 1.44 bits per heavy atom. The molecule has 1 fully saturated rings. The molecule has 1 aromatic heterocycles. The highest BCUT2D eigenvalue weighted by molar-refractivity contribution is 4.99. The minimum atomic E-state index is -0.539. The summed E-state index contributed by atoms with van der Waals surface area (Å²) in [6, 6.07) is 1.23. The van der Waals surface area contributed by atoms with E-state index in [1.807, 2.05) is 13.8 Å². The molecule has 5 heteroatoms. The Morgan fingerprint density at radius 3 is 2.72 bits per heavy atom. The Bertz CT molecular complexity index is 396. The van der Waals surface area contributed by atoms with Crippen LogP contribution in [-0.2, 0) is 12.1 Å². The van der Waals surface area contributed by atoms with Crippen LogP contribution >= 0.6 is 0 Å². The number of rotatable bonds is 4. The molecule has 1 aliphatic rings. The van der Waals surface area contributed by atoms with Crippen LogP contribution in [0.1, 0.15) is 58.7 Å². The van der Waals surface area contributed by atoms with Gasteiger partial charge in [0, 0.05) is 12.1 Å². The lowest BCUT2D eigenvalue weighted by Crippen LogP contribution is -2.34. The van der Waals surface area contributed by atoms with Gasteiger partial charge in [-0.15, -0.1) is 0 Å². The van der Waals surface area contributed by atoms with Gasteiger partial charge in [-0.2, -0.15) is 4.98 Å². The Morgan fingerprint density at radius 2 is 2.17 bits per heavy atom. The van der Waals surface area contributed by atoms with E-state index in [1.54, 1.807) is 0 Å². The Kier molecular flexibility index (Phi) is 3.73. The lowest BCUT2D eigenvalue weighted by Gasteiger charge is -2.25. The van der Waals surface area contributed by atoms with Crippen LogP contribution in [0.3, 0.4) is 0 Å². The lowest BCUT2D eigenvalue weighted by atomic mass is 10.1. The third-order valence-electron chi connectivity index (χ3n) is 3.79. The first-order valence-corrected chi connectivity index (χ1v) is 6.79.